The molecule has 0 aliphatic rings. The van der Waals surface area contributed by atoms with E-state index in [-0.39, 0.29) is 11.0 Å². The lowest BCUT2D eigenvalue weighted by Gasteiger charge is -2.18. The van der Waals surface area contributed by atoms with Crippen LogP contribution >= 0.6 is 34.5 Å². The van der Waals surface area contributed by atoms with Crippen LogP contribution in [0, 0.1) is 0 Å². The zero-order valence-corrected chi connectivity index (χ0v) is 17.9. The summed E-state index contributed by atoms with van der Waals surface area (Å²) < 4.78 is 1.86. The zero-order valence-electron chi connectivity index (χ0n) is 15.5. The van der Waals surface area contributed by atoms with Gasteiger partial charge in [-0.05, 0) is 34.8 Å². The second kappa shape index (κ2) is 6.99. The molecule has 0 spiro atoms. The number of benzene rings is 2. The quantitative estimate of drug-likeness (QED) is 0.451. The van der Waals surface area contributed by atoms with E-state index in [4.69, 9.17) is 23.2 Å². The number of hydrogen-bond donors (Lipinski definition) is 0. The molecule has 0 radical (unpaired) electrons. The van der Waals surface area contributed by atoms with Crippen molar-refractivity contribution in [2.75, 3.05) is 0 Å². The first-order valence-electron chi connectivity index (χ1n) is 8.70. The van der Waals surface area contributed by atoms with Crippen molar-refractivity contribution in [1.29, 1.82) is 0 Å². The van der Waals surface area contributed by atoms with E-state index in [2.05, 4.69) is 43.0 Å². The molecule has 4 aromatic rings. The van der Waals surface area contributed by atoms with Gasteiger partial charge in [0, 0.05) is 15.6 Å². The van der Waals surface area contributed by atoms with Crippen LogP contribution < -0.4 is 10.1 Å². The van der Waals surface area contributed by atoms with E-state index in [1.165, 1.54) is 21.4 Å². The highest BCUT2D eigenvalue weighted by Crippen LogP contribution is 2.25. The Morgan fingerprint density at radius 3 is 2.39 bits per heavy atom. The van der Waals surface area contributed by atoms with E-state index in [1.807, 2.05) is 12.1 Å². The maximum atomic E-state index is 12.7. The van der Waals surface area contributed by atoms with Gasteiger partial charge in [-0.15, -0.1) is 5.10 Å². The van der Waals surface area contributed by atoms with Gasteiger partial charge in [0.15, 0.2) is 5.82 Å². The summed E-state index contributed by atoms with van der Waals surface area (Å²) in [6.07, 6.45) is 1.74. The molecule has 4 rings (SSSR count). The summed E-state index contributed by atoms with van der Waals surface area (Å²) in [5, 5.41) is 5.44. The molecule has 0 saturated carbocycles. The van der Waals surface area contributed by atoms with E-state index in [1.54, 1.807) is 24.3 Å². The molecule has 0 fully saturated rings. The first-order chi connectivity index (χ1) is 13.2. The van der Waals surface area contributed by atoms with Gasteiger partial charge in [0.25, 0.3) is 5.56 Å². The topological polar surface area (TPSA) is 47.3 Å². The van der Waals surface area contributed by atoms with Gasteiger partial charge in [-0.25, -0.2) is 0 Å². The van der Waals surface area contributed by atoms with Crippen LogP contribution in [-0.2, 0) is 5.41 Å². The Labute approximate surface area is 176 Å². The third kappa shape index (κ3) is 3.58. The van der Waals surface area contributed by atoms with Crippen LogP contribution in [0.15, 0.2) is 47.3 Å². The lowest BCUT2D eigenvalue weighted by molar-refractivity contribution is 0.590. The summed E-state index contributed by atoms with van der Waals surface area (Å²) in [7, 11) is 0. The van der Waals surface area contributed by atoms with Gasteiger partial charge in [-0.3, -0.25) is 4.79 Å². The number of fused-ring (bicyclic) bond motifs is 1. The number of aromatic nitrogens is 3. The summed E-state index contributed by atoms with van der Waals surface area (Å²) in [6.45, 7) is 6.50. The Morgan fingerprint density at radius 2 is 1.79 bits per heavy atom. The average molecular weight is 430 g/mol. The summed E-state index contributed by atoms with van der Waals surface area (Å²) in [4.78, 5) is 17.8. The van der Waals surface area contributed by atoms with E-state index < -0.39 is 0 Å². The van der Waals surface area contributed by atoms with Crippen molar-refractivity contribution in [3.63, 3.8) is 0 Å². The molecule has 142 valence electrons. The fourth-order valence-electron chi connectivity index (χ4n) is 2.84. The van der Waals surface area contributed by atoms with Crippen molar-refractivity contribution < 1.29 is 0 Å². The molecule has 0 amide bonds. The van der Waals surface area contributed by atoms with Crippen LogP contribution in [-0.4, -0.2) is 14.6 Å². The minimum absolute atomic E-state index is 0.0797. The van der Waals surface area contributed by atoms with Gasteiger partial charge >= 0.3 is 0 Å². The number of thiazole rings is 1. The highest BCUT2D eigenvalue weighted by Gasteiger charge is 2.15. The number of rotatable bonds is 2. The van der Waals surface area contributed by atoms with Gasteiger partial charge < -0.3 is 0 Å². The average Bonchev–Trinajstić information content (AvgIpc) is 3.17. The third-order valence-corrected chi connectivity index (χ3v) is 5.96. The lowest BCUT2D eigenvalue weighted by Crippen LogP contribution is -2.23. The van der Waals surface area contributed by atoms with Crippen LogP contribution in [0.1, 0.15) is 31.9 Å². The Bertz CT molecular complexity index is 1280. The minimum Gasteiger partial charge on any atom is -0.266 e. The monoisotopic (exact) mass is 429 g/mol. The second-order valence-corrected chi connectivity index (χ2v) is 9.39. The highest BCUT2D eigenvalue weighted by molar-refractivity contribution is 7.15. The normalized spacial score (nSPS) is 12.8. The molecule has 2 heterocycles. The van der Waals surface area contributed by atoms with E-state index in [0.29, 0.717) is 25.4 Å². The maximum absolute atomic E-state index is 12.7. The Balaban J connectivity index is 1.74. The Hall–Kier alpha value is -2.21. The molecule has 0 unspecified atom stereocenters. The Kier molecular flexibility index (Phi) is 4.78. The molecular formula is C21H17Cl2N3OS. The van der Waals surface area contributed by atoms with Crippen molar-refractivity contribution in [3.05, 3.63) is 78.5 Å². The molecule has 4 nitrogen and oxygen atoms in total. The highest BCUT2D eigenvalue weighted by atomic mass is 35.5. The first-order valence-corrected chi connectivity index (χ1v) is 10.3. The lowest BCUT2D eigenvalue weighted by atomic mass is 9.87. The molecule has 0 aliphatic heterocycles. The summed E-state index contributed by atoms with van der Waals surface area (Å²) >= 11 is 13.4. The molecule has 2 aromatic carbocycles. The molecule has 2 aromatic heterocycles. The van der Waals surface area contributed by atoms with Crippen molar-refractivity contribution in [1.82, 2.24) is 14.6 Å². The van der Waals surface area contributed by atoms with Gasteiger partial charge in [0.1, 0.15) is 0 Å². The fourth-order valence-corrected chi connectivity index (χ4v) is 4.20. The second-order valence-electron chi connectivity index (χ2n) is 7.54. The van der Waals surface area contributed by atoms with Crippen LogP contribution in [0.2, 0.25) is 10.0 Å². The van der Waals surface area contributed by atoms with Gasteiger partial charge in [0.05, 0.1) is 4.53 Å². The van der Waals surface area contributed by atoms with Crippen molar-refractivity contribution in [2.24, 2.45) is 0 Å². The largest absolute Gasteiger partial charge is 0.291 e. The molecule has 28 heavy (non-hydrogen) atoms. The molecule has 7 heteroatoms. The predicted octanol–water partition coefficient (Wildman–Crippen LogP) is 4.97. The maximum Gasteiger partial charge on any atom is 0.291 e. The van der Waals surface area contributed by atoms with E-state index in [9.17, 15) is 4.79 Å². The Morgan fingerprint density at radius 1 is 1.07 bits per heavy atom. The first kappa shape index (κ1) is 19.1. The van der Waals surface area contributed by atoms with Crippen LogP contribution in [0.25, 0.3) is 22.4 Å². The van der Waals surface area contributed by atoms with Crippen LogP contribution in [0.5, 0.6) is 0 Å². The van der Waals surface area contributed by atoms with Crippen molar-refractivity contribution >= 4 is 45.6 Å². The number of hydrogen-bond acceptors (Lipinski definition) is 4. The summed E-state index contributed by atoms with van der Waals surface area (Å²) in [6, 6.07) is 13.3. The zero-order chi connectivity index (χ0) is 20.1. The predicted molar refractivity (Wildman–Crippen MR) is 117 cm³/mol. The van der Waals surface area contributed by atoms with Crippen LogP contribution in [0.4, 0.5) is 0 Å². The fraction of sp³-hybridized carbons (Fsp3) is 0.190. The van der Waals surface area contributed by atoms with Gasteiger partial charge in [0.2, 0.25) is 4.96 Å². The summed E-state index contributed by atoms with van der Waals surface area (Å²) in [5.74, 6) is 0.542. The van der Waals surface area contributed by atoms with Crippen molar-refractivity contribution in [2.45, 2.75) is 26.2 Å². The molecule has 0 N–H and O–H groups in total. The SMILES string of the molecule is CC(C)(C)c1ccc(-c2nc3s/c(=C\c4ccc(Cl)cc4Cl)c(=O)n3n2)cc1. The molecule has 0 atom stereocenters. The summed E-state index contributed by atoms with van der Waals surface area (Å²) in [5.41, 5.74) is 2.71. The van der Waals surface area contributed by atoms with E-state index in [0.717, 1.165) is 11.1 Å². The van der Waals surface area contributed by atoms with Gasteiger partial charge in [-0.1, -0.05) is 85.6 Å². The minimum atomic E-state index is -0.212. The third-order valence-electron chi connectivity index (χ3n) is 4.44. The smallest absolute Gasteiger partial charge is 0.266 e. The standard InChI is InChI=1S/C21H17Cl2N3OS/c1-21(2,3)14-7-4-12(5-8-14)18-24-20-26(25-18)19(27)17(28-20)10-13-6-9-15(22)11-16(13)23/h4-11H,1-3H3/b17-10-. The van der Waals surface area contributed by atoms with Gasteiger partial charge in [-0.2, -0.15) is 9.50 Å². The number of nitrogens with zero attached hydrogens (tertiary/aromatic N) is 3. The van der Waals surface area contributed by atoms with Crippen LogP contribution in [0.3, 0.4) is 0 Å². The molecular weight excluding hydrogens is 413 g/mol. The molecule has 0 saturated heterocycles. The van der Waals surface area contributed by atoms with Crippen molar-refractivity contribution in [3.8, 4) is 11.4 Å². The molecule has 0 bridgehead atoms. The number of halogens is 2. The molecule has 0 aliphatic carbocycles. The van der Waals surface area contributed by atoms with E-state index >= 15 is 0 Å².